The van der Waals surface area contributed by atoms with Gasteiger partial charge < -0.3 is 28.9 Å². The summed E-state index contributed by atoms with van der Waals surface area (Å²) in [4.78, 5) is 24.4. The van der Waals surface area contributed by atoms with E-state index in [0.717, 1.165) is 18.3 Å². The largest absolute Gasteiger partial charge is 0.543 e. The molecule has 1 fully saturated rings. The number of alkyl carbamates (subject to hydrolysis) is 1. The van der Waals surface area contributed by atoms with E-state index in [-0.39, 0.29) is 13.0 Å². The second kappa shape index (κ2) is 13.1. The number of aliphatic carboxylic acids is 1. The van der Waals surface area contributed by atoms with Crippen molar-refractivity contribution in [1.29, 1.82) is 0 Å². The minimum atomic E-state index is -2.30. The molecule has 1 aliphatic rings. The summed E-state index contributed by atoms with van der Waals surface area (Å²) < 4.78 is 24.8. The molecule has 8 nitrogen and oxygen atoms in total. The first-order chi connectivity index (χ1) is 18.0. The van der Waals surface area contributed by atoms with Crippen LogP contribution in [0, 0.1) is 0 Å². The van der Waals surface area contributed by atoms with E-state index in [2.05, 4.69) is 46.9 Å². The topological polar surface area (TPSA) is 103 Å². The van der Waals surface area contributed by atoms with Crippen LogP contribution in [0.15, 0.2) is 18.2 Å². The standard InChI is InChI=1S/C29H50BNO7Si/c1-12-13-14-35-27(34)31-25(26(32)33)17-22-15-23(30-37-28(8,9)29(10,11)38-30)18-24(16-22)36-39(19(2)3,20(4)5)21(6)7/h15-16,18-21,25H,12-14,17H2,1-11H3,(H,31,34)(H,32,33). The molecule has 1 heterocycles. The van der Waals surface area contributed by atoms with Gasteiger partial charge in [0.25, 0.3) is 8.32 Å². The van der Waals surface area contributed by atoms with Crippen LogP contribution < -0.4 is 15.2 Å². The normalized spacial score (nSPS) is 17.5. The van der Waals surface area contributed by atoms with Gasteiger partial charge in [-0.25, -0.2) is 9.59 Å². The van der Waals surface area contributed by atoms with Crippen molar-refractivity contribution < 1.29 is 33.2 Å². The molecule has 1 aromatic rings. The van der Waals surface area contributed by atoms with E-state index >= 15 is 0 Å². The molecule has 1 aromatic carbocycles. The molecule has 0 aromatic heterocycles. The summed E-state index contributed by atoms with van der Waals surface area (Å²) in [5.74, 6) is -0.462. The molecule has 10 heteroatoms. The predicted octanol–water partition coefficient (Wildman–Crippen LogP) is 6.06. The summed E-state index contributed by atoms with van der Waals surface area (Å²) >= 11 is 0. The average molecular weight is 564 g/mol. The Morgan fingerprint density at radius 3 is 1.97 bits per heavy atom. The molecule has 0 bridgehead atoms. The quantitative estimate of drug-likeness (QED) is 0.222. The van der Waals surface area contributed by atoms with Crippen LogP contribution in [-0.2, 0) is 25.3 Å². The lowest BCUT2D eigenvalue weighted by Gasteiger charge is -2.42. The Bertz CT molecular complexity index is 958. The van der Waals surface area contributed by atoms with Crippen molar-refractivity contribution in [1.82, 2.24) is 5.32 Å². The number of rotatable bonds is 13. The SMILES string of the molecule is CCCCOC(=O)NC(Cc1cc(O[Si](C(C)C)(C(C)C)C(C)C)cc(B2OC(C)(C)C(C)(C)O2)c1)C(=O)O. The third-order valence-electron chi connectivity index (χ3n) is 8.28. The number of hydrogen-bond acceptors (Lipinski definition) is 6. The number of carbonyl (C=O) groups is 2. The average Bonchev–Trinajstić information content (AvgIpc) is 3.03. The molecule has 1 unspecified atom stereocenters. The van der Waals surface area contributed by atoms with Gasteiger partial charge >= 0.3 is 19.2 Å². The highest BCUT2D eigenvalue weighted by molar-refractivity contribution is 6.78. The summed E-state index contributed by atoms with van der Waals surface area (Å²) in [5, 5.41) is 12.4. The number of nitrogens with one attached hydrogen (secondary N) is 1. The molecule has 2 rings (SSSR count). The molecule has 220 valence electrons. The van der Waals surface area contributed by atoms with E-state index in [1.165, 1.54) is 0 Å². The van der Waals surface area contributed by atoms with Crippen LogP contribution in [-0.4, -0.2) is 56.5 Å². The monoisotopic (exact) mass is 563 g/mol. The van der Waals surface area contributed by atoms with Gasteiger partial charge in [-0.05, 0) is 73.9 Å². The van der Waals surface area contributed by atoms with Crippen molar-refractivity contribution in [2.45, 2.75) is 129 Å². The van der Waals surface area contributed by atoms with Gasteiger partial charge in [0.15, 0.2) is 0 Å². The molecule has 1 aliphatic heterocycles. The second-order valence-electron chi connectivity index (χ2n) is 12.6. The summed E-state index contributed by atoms with van der Waals surface area (Å²) in [6.07, 6.45) is 0.912. The van der Waals surface area contributed by atoms with Crippen LogP contribution in [0.1, 0.15) is 94.6 Å². The van der Waals surface area contributed by atoms with E-state index < -0.39 is 44.7 Å². The lowest BCUT2D eigenvalue weighted by Crippen LogP contribution is -2.51. The summed E-state index contributed by atoms with van der Waals surface area (Å²) in [7, 11) is -2.94. The highest BCUT2D eigenvalue weighted by Gasteiger charge is 2.52. The van der Waals surface area contributed by atoms with Crippen LogP contribution in [0.2, 0.25) is 16.6 Å². The van der Waals surface area contributed by atoms with E-state index in [1.807, 2.05) is 52.8 Å². The van der Waals surface area contributed by atoms with E-state index in [9.17, 15) is 14.7 Å². The molecular weight excluding hydrogens is 513 g/mol. The summed E-state index contributed by atoms with van der Waals surface area (Å²) in [5.41, 5.74) is 1.46. The predicted molar refractivity (Wildman–Crippen MR) is 158 cm³/mol. The van der Waals surface area contributed by atoms with Gasteiger partial charge in [0.05, 0.1) is 17.8 Å². The van der Waals surface area contributed by atoms with Gasteiger partial charge in [-0.2, -0.15) is 0 Å². The maximum atomic E-state index is 12.3. The van der Waals surface area contributed by atoms with Crippen molar-refractivity contribution in [3.8, 4) is 5.75 Å². The van der Waals surface area contributed by atoms with Crippen LogP contribution in [0.5, 0.6) is 5.75 Å². The third kappa shape index (κ3) is 7.79. The van der Waals surface area contributed by atoms with E-state index in [1.54, 1.807) is 0 Å². The van der Waals surface area contributed by atoms with Crippen LogP contribution in [0.25, 0.3) is 0 Å². The Hall–Kier alpha value is -2.04. The zero-order valence-electron chi connectivity index (χ0n) is 25.8. The number of unbranched alkanes of at least 4 members (excludes halogenated alkanes) is 1. The minimum absolute atomic E-state index is 0.0571. The summed E-state index contributed by atoms with van der Waals surface area (Å²) in [6, 6.07) is 4.58. The highest BCUT2D eigenvalue weighted by atomic mass is 28.4. The van der Waals surface area contributed by atoms with Gasteiger partial charge in [-0.3, -0.25) is 0 Å². The highest BCUT2D eigenvalue weighted by Crippen LogP contribution is 2.43. The van der Waals surface area contributed by atoms with Crippen LogP contribution in [0.4, 0.5) is 4.79 Å². The maximum Gasteiger partial charge on any atom is 0.494 e. The molecule has 0 radical (unpaired) electrons. The fraction of sp³-hybridized carbons (Fsp3) is 0.724. The number of hydrogen-bond donors (Lipinski definition) is 2. The smallest absolute Gasteiger partial charge is 0.494 e. The van der Waals surface area contributed by atoms with Gasteiger partial charge in [0, 0.05) is 6.42 Å². The molecule has 2 N–H and O–H groups in total. The van der Waals surface area contributed by atoms with Crippen LogP contribution in [0.3, 0.4) is 0 Å². The number of carboxylic acid groups (broad SMARTS) is 1. The molecule has 1 atom stereocenters. The van der Waals surface area contributed by atoms with Gasteiger partial charge in [-0.1, -0.05) is 61.0 Å². The number of benzene rings is 1. The van der Waals surface area contributed by atoms with Crippen molar-refractivity contribution in [2.75, 3.05) is 6.61 Å². The van der Waals surface area contributed by atoms with E-state index in [0.29, 0.717) is 27.9 Å². The van der Waals surface area contributed by atoms with Crippen molar-refractivity contribution in [3.63, 3.8) is 0 Å². The molecule has 0 aliphatic carbocycles. The first-order valence-electron chi connectivity index (χ1n) is 14.3. The molecule has 0 saturated carbocycles. The first-order valence-corrected chi connectivity index (χ1v) is 16.4. The number of carboxylic acids is 1. The van der Waals surface area contributed by atoms with Crippen LogP contribution >= 0.6 is 0 Å². The third-order valence-corrected chi connectivity index (χ3v) is 14.3. The molecule has 39 heavy (non-hydrogen) atoms. The fourth-order valence-corrected chi connectivity index (χ4v) is 10.7. The number of amides is 1. The fourth-order valence-electron chi connectivity index (χ4n) is 5.46. The van der Waals surface area contributed by atoms with E-state index in [4.69, 9.17) is 18.5 Å². The Morgan fingerprint density at radius 2 is 1.51 bits per heavy atom. The Labute approximate surface area is 236 Å². The molecular formula is C29H50BNO7Si. The van der Waals surface area contributed by atoms with Gasteiger partial charge in [-0.15, -0.1) is 0 Å². The zero-order valence-corrected chi connectivity index (χ0v) is 26.8. The lowest BCUT2D eigenvalue weighted by atomic mass is 9.78. The molecule has 1 amide bonds. The number of carbonyl (C=O) groups excluding carboxylic acids is 1. The van der Waals surface area contributed by atoms with Crippen molar-refractivity contribution in [2.24, 2.45) is 0 Å². The van der Waals surface area contributed by atoms with Gasteiger partial charge in [0.1, 0.15) is 11.8 Å². The minimum Gasteiger partial charge on any atom is -0.543 e. The van der Waals surface area contributed by atoms with Gasteiger partial charge in [0.2, 0.25) is 0 Å². The Kier molecular flexibility index (Phi) is 11.1. The Balaban J connectivity index is 2.51. The first kappa shape index (κ1) is 33.2. The van der Waals surface area contributed by atoms with Crippen molar-refractivity contribution in [3.05, 3.63) is 23.8 Å². The molecule has 1 saturated heterocycles. The lowest BCUT2D eigenvalue weighted by molar-refractivity contribution is -0.139. The summed E-state index contributed by atoms with van der Waals surface area (Å²) in [6.45, 7) is 23.6. The van der Waals surface area contributed by atoms with Crippen molar-refractivity contribution >= 4 is 33.0 Å². The molecule has 0 spiro atoms. The Morgan fingerprint density at radius 1 is 0.974 bits per heavy atom. The maximum absolute atomic E-state index is 12.3. The second-order valence-corrected chi connectivity index (χ2v) is 18.0. The number of ether oxygens (including phenoxy) is 1. The zero-order chi connectivity index (χ0) is 29.8.